The molecule has 0 N–H and O–H groups in total. The molecule has 20 heavy (non-hydrogen) atoms. The molecule has 0 saturated heterocycles. The van der Waals surface area contributed by atoms with Crippen molar-refractivity contribution in [3.8, 4) is 24.3 Å². The van der Waals surface area contributed by atoms with Crippen molar-refractivity contribution in [2.45, 2.75) is 13.8 Å². The Morgan fingerprint density at radius 2 is 1.25 bits per heavy atom. The molecule has 0 bridgehead atoms. The predicted octanol–water partition coefficient (Wildman–Crippen LogP) is 2.73. The SMILES string of the molecule is CCN(CC)C(Cl)=C(C=C(C#N)C#N)C=C(C#N)C#N. The summed E-state index contributed by atoms with van der Waals surface area (Å²) in [6, 6.07) is 6.86. The maximum absolute atomic E-state index is 8.79. The van der Waals surface area contributed by atoms with Crippen LogP contribution in [0.5, 0.6) is 0 Å². The minimum Gasteiger partial charge on any atom is -0.362 e. The summed E-state index contributed by atoms with van der Waals surface area (Å²) in [6.45, 7) is 5.01. The first-order valence-electron chi connectivity index (χ1n) is 5.76. The summed E-state index contributed by atoms with van der Waals surface area (Å²) < 4.78 is 0. The number of hydrogen-bond donors (Lipinski definition) is 0. The van der Waals surface area contributed by atoms with Crippen molar-refractivity contribution < 1.29 is 0 Å². The van der Waals surface area contributed by atoms with Crippen molar-refractivity contribution in [2.75, 3.05) is 13.1 Å². The Bertz CT molecular complexity index is 534. The molecule has 0 aromatic heterocycles. The first-order valence-corrected chi connectivity index (χ1v) is 6.14. The van der Waals surface area contributed by atoms with Gasteiger partial charge in [0.05, 0.1) is 0 Å². The Balaban J connectivity index is 6.08. The van der Waals surface area contributed by atoms with E-state index < -0.39 is 0 Å². The van der Waals surface area contributed by atoms with Crippen LogP contribution in [-0.2, 0) is 0 Å². The van der Waals surface area contributed by atoms with Crippen molar-refractivity contribution >= 4 is 11.6 Å². The second-order valence-electron chi connectivity index (χ2n) is 3.48. The average molecular weight is 286 g/mol. The van der Waals surface area contributed by atoms with E-state index in [1.807, 2.05) is 13.8 Å². The van der Waals surface area contributed by atoms with Gasteiger partial charge < -0.3 is 4.90 Å². The molecule has 0 aliphatic heterocycles. The van der Waals surface area contributed by atoms with Crippen molar-refractivity contribution in [1.29, 1.82) is 21.0 Å². The van der Waals surface area contributed by atoms with E-state index in [9.17, 15) is 0 Å². The standard InChI is InChI=1S/C14H12ClN5/c1-3-20(4-2)14(15)13(5-11(7-16)8-17)6-12(9-18)10-19/h5-6H,3-4H2,1-2H3. The highest BCUT2D eigenvalue weighted by atomic mass is 35.5. The molecule has 0 aromatic carbocycles. The van der Waals surface area contributed by atoms with Gasteiger partial charge in [0, 0.05) is 18.7 Å². The summed E-state index contributed by atoms with van der Waals surface area (Å²) in [5, 5.41) is 35.4. The van der Waals surface area contributed by atoms with Crippen molar-refractivity contribution in [1.82, 2.24) is 4.90 Å². The van der Waals surface area contributed by atoms with Crippen LogP contribution >= 0.6 is 11.6 Å². The average Bonchev–Trinajstić information content (AvgIpc) is 2.48. The Morgan fingerprint density at radius 1 is 0.900 bits per heavy atom. The number of nitriles is 4. The van der Waals surface area contributed by atoms with Gasteiger partial charge in [0.15, 0.2) is 0 Å². The van der Waals surface area contributed by atoms with E-state index in [4.69, 9.17) is 32.6 Å². The van der Waals surface area contributed by atoms with Gasteiger partial charge >= 0.3 is 0 Å². The van der Waals surface area contributed by atoms with Crippen LogP contribution < -0.4 is 0 Å². The molecule has 6 heteroatoms. The lowest BCUT2D eigenvalue weighted by Gasteiger charge is -2.21. The first-order chi connectivity index (χ1) is 9.57. The van der Waals surface area contributed by atoms with Gasteiger partial charge in [0.25, 0.3) is 0 Å². The topological polar surface area (TPSA) is 98.4 Å². The van der Waals surface area contributed by atoms with E-state index in [2.05, 4.69) is 0 Å². The fourth-order valence-corrected chi connectivity index (χ4v) is 1.68. The second kappa shape index (κ2) is 9.23. The molecule has 0 rings (SSSR count). The van der Waals surface area contributed by atoms with Crippen LogP contribution in [0.2, 0.25) is 0 Å². The Hall–Kier alpha value is -2.73. The molecule has 0 heterocycles. The number of rotatable bonds is 5. The van der Waals surface area contributed by atoms with Gasteiger partial charge in [-0.05, 0) is 26.0 Å². The van der Waals surface area contributed by atoms with Crippen LogP contribution in [0.3, 0.4) is 0 Å². The lowest BCUT2D eigenvalue weighted by atomic mass is 10.1. The van der Waals surface area contributed by atoms with Crippen LogP contribution in [-0.4, -0.2) is 18.0 Å². The molecule has 0 fully saturated rings. The summed E-state index contributed by atoms with van der Waals surface area (Å²) >= 11 is 6.21. The number of halogens is 1. The maximum Gasteiger partial charge on any atom is 0.130 e. The van der Waals surface area contributed by atoms with Gasteiger partial charge in [0.1, 0.15) is 40.6 Å². The van der Waals surface area contributed by atoms with E-state index in [0.717, 1.165) is 0 Å². The molecule has 0 amide bonds. The number of nitrogens with zero attached hydrogens (tertiary/aromatic N) is 5. The third kappa shape index (κ3) is 4.87. The zero-order valence-corrected chi connectivity index (χ0v) is 11.9. The molecule has 0 radical (unpaired) electrons. The van der Waals surface area contributed by atoms with E-state index in [1.165, 1.54) is 12.2 Å². The molecule has 0 aromatic rings. The maximum atomic E-state index is 8.79. The van der Waals surface area contributed by atoms with Crippen molar-refractivity contribution in [3.63, 3.8) is 0 Å². The number of allylic oxidation sites excluding steroid dienone is 5. The predicted molar refractivity (Wildman–Crippen MR) is 74.4 cm³/mol. The quantitative estimate of drug-likeness (QED) is 0.439. The summed E-state index contributed by atoms with van der Waals surface area (Å²) in [5.74, 6) is 0. The second-order valence-corrected chi connectivity index (χ2v) is 3.84. The fourth-order valence-electron chi connectivity index (χ4n) is 1.33. The largest absolute Gasteiger partial charge is 0.362 e. The van der Waals surface area contributed by atoms with Gasteiger partial charge in [-0.1, -0.05) is 11.6 Å². The molecule has 0 atom stereocenters. The van der Waals surface area contributed by atoms with Crippen molar-refractivity contribution in [3.05, 3.63) is 34.0 Å². The van der Waals surface area contributed by atoms with Crippen LogP contribution in [0.25, 0.3) is 0 Å². The van der Waals surface area contributed by atoms with Gasteiger partial charge in [0.2, 0.25) is 0 Å². The Morgan fingerprint density at radius 3 is 1.50 bits per heavy atom. The Kier molecular flexibility index (Phi) is 7.97. The van der Waals surface area contributed by atoms with Gasteiger partial charge in [-0.15, -0.1) is 0 Å². The fraction of sp³-hybridized carbons (Fsp3) is 0.286. The Labute approximate surface area is 123 Å². The molecule has 0 aliphatic rings. The molecule has 100 valence electrons. The summed E-state index contributed by atoms with van der Waals surface area (Å²) in [7, 11) is 0. The number of hydrogen-bond acceptors (Lipinski definition) is 5. The van der Waals surface area contributed by atoms with Gasteiger partial charge in [-0.2, -0.15) is 21.0 Å². The zero-order chi connectivity index (χ0) is 15.5. The molecule has 0 spiro atoms. The van der Waals surface area contributed by atoms with E-state index >= 15 is 0 Å². The van der Waals surface area contributed by atoms with Gasteiger partial charge in [-0.25, -0.2) is 0 Å². The molecule has 0 saturated carbocycles. The van der Waals surface area contributed by atoms with E-state index in [-0.39, 0.29) is 21.9 Å². The van der Waals surface area contributed by atoms with Crippen LogP contribution in [0.1, 0.15) is 13.8 Å². The third-order valence-corrected chi connectivity index (χ3v) is 2.82. The summed E-state index contributed by atoms with van der Waals surface area (Å²) in [4.78, 5) is 1.78. The molecular formula is C14H12ClN5. The summed E-state index contributed by atoms with van der Waals surface area (Å²) in [5.41, 5.74) is -0.0276. The monoisotopic (exact) mass is 285 g/mol. The normalized spacial score (nSPS) is 7.95. The molecular weight excluding hydrogens is 274 g/mol. The third-order valence-electron chi connectivity index (χ3n) is 2.36. The zero-order valence-electron chi connectivity index (χ0n) is 11.2. The summed E-state index contributed by atoms with van der Waals surface area (Å²) in [6.07, 6.45) is 2.52. The van der Waals surface area contributed by atoms with E-state index in [0.29, 0.717) is 13.1 Å². The molecule has 0 unspecified atom stereocenters. The smallest absolute Gasteiger partial charge is 0.130 e. The highest BCUT2D eigenvalue weighted by Gasteiger charge is 2.09. The van der Waals surface area contributed by atoms with Crippen molar-refractivity contribution in [2.24, 2.45) is 0 Å². The molecule has 0 aliphatic carbocycles. The van der Waals surface area contributed by atoms with E-state index in [1.54, 1.807) is 29.2 Å². The van der Waals surface area contributed by atoms with Crippen LogP contribution in [0.15, 0.2) is 34.0 Å². The van der Waals surface area contributed by atoms with Crippen LogP contribution in [0.4, 0.5) is 0 Å². The highest BCUT2D eigenvalue weighted by molar-refractivity contribution is 6.30. The van der Waals surface area contributed by atoms with Gasteiger partial charge in [-0.3, -0.25) is 0 Å². The lowest BCUT2D eigenvalue weighted by molar-refractivity contribution is 0.404. The minimum atomic E-state index is -0.156. The minimum absolute atomic E-state index is 0.156. The highest BCUT2D eigenvalue weighted by Crippen LogP contribution is 2.20. The first kappa shape index (κ1) is 17.3. The lowest BCUT2D eigenvalue weighted by Crippen LogP contribution is -2.20. The van der Waals surface area contributed by atoms with Crippen LogP contribution in [0, 0.1) is 45.3 Å². The molecule has 5 nitrogen and oxygen atoms in total.